The zero-order chi connectivity index (χ0) is 25.8. The number of sulfonamides is 1. The number of carbonyl (C=O) groups is 1. The van der Waals surface area contributed by atoms with Gasteiger partial charge in [-0.1, -0.05) is 26.0 Å². The Kier molecular flexibility index (Phi) is 8.63. The predicted molar refractivity (Wildman–Crippen MR) is 127 cm³/mol. The van der Waals surface area contributed by atoms with Gasteiger partial charge in [-0.15, -0.1) is 0 Å². The van der Waals surface area contributed by atoms with E-state index in [0.717, 1.165) is 28.6 Å². The third kappa shape index (κ3) is 6.65. The van der Waals surface area contributed by atoms with Gasteiger partial charge in [0.25, 0.3) is 0 Å². The third-order valence-electron chi connectivity index (χ3n) is 5.80. The lowest BCUT2D eigenvalue weighted by atomic mass is 9.95. The Morgan fingerprint density at radius 2 is 1.29 bits per heavy atom. The van der Waals surface area contributed by atoms with E-state index in [4.69, 9.17) is 0 Å². The van der Waals surface area contributed by atoms with Crippen molar-refractivity contribution in [3.05, 3.63) is 81.9 Å². The van der Waals surface area contributed by atoms with Gasteiger partial charge < -0.3 is 4.90 Å². The Bertz CT molecular complexity index is 1200. The fourth-order valence-electron chi connectivity index (χ4n) is 3.72. The molecule has 0 amide bonds. The molecule has 10 heteroatoms. The number of rotatable bonds is 8. The molecule has 0 radical (unpaired) electrons. The molecule has 5 nitrogen and oxygen atoms in total. The zero-order valence-corrected chi connectivity index (χ0v) is 20.2. The molecule has 0 aliphatic carbocycles. The third-order valence-corrected chi connectivity index (χ3v) is 7.54. The van der Waals surface area contributed by atoms with E-state index in [0.29, 0.717) is 19.6 Å². The van der Waals surface area contributed by atoms with Gasteiger partial charge in [-0.05, 0) is 60.6 Å². The zero-order valence-electron chi connectivity index (χ0n) is 19.4. The summed E-state index contributed by atoms with van der Waals surface area (Å²) in [7, 11) is -3.81. The number of nitrogens with zero attached hydrogens (tertiary/aromatic N) is 2. The van der Waals surface area contributed by atoms with Crippen molar-refractivity contribution in [2.24, 2.45) is 0 Å². The molecule has 0 N–H and O–H groups in total. The SMILES string of the molecule is CCN(CC)CCS(=O)(=O)N1C/C(=C\c2ccc(F)c(F)c2)C(=O)/C(=C/c2ccc(F)c(F)c2)C1. The van der Waals surface area contributed by atoms with Crippen LogP contribution >= 0.6 is 0 Å². The summed E-state index contributed by atoms with van der Waals surface area (Å²) in [5.41, 5.74) is 0.452. The van der Waals surface area contributed by atoms with E-state index >= 15 is 0 Å². The Hall–Kier alpha value is -2.82. The van der Waals surface area contributed by atoms with Gasteiger partial charge in [-0.2, -0.15) is 4.31 Å². The Morgan fingerprint density at radius 1 is 0.829 bits per heavy atom. The summed E-state index contributed by atoms with van der Waals surface area (Å²) in [6.45, 7) is 4.97. The van der Waals surface area contributed by atoms with Crippen molar-refractivity contribution in [3.63, 3.8) is 0 Å². The molecule has 1 heterocycles. The van der Waals surface area contributed by atoms with Crippen LogP contribution < -0.4 is 0 Å². The Morgan fingerprint density at radius 3 is 1.69 bits per heavy atom. The number of hydrogen-bond donors (Lipinski definition) is 0. The minimum atomic E-state index is -3.81. The van der Waals surface area contributed by atoms with Gasteiger partial charge in [0.2, 0.25) is 10.0 Å². The lowest BCUT2D eigenvalue weighted by molar-refractivity contribution is -0.113. The molecule has 2 aromatic rings. The molecular formula is C25H26F4N2O3S. The van der Waals surface area contributed by atoms with Gasteiger partial charge in [0.05, 0.1) is 5.75 Å². The van der Waals surface area contributed by atoms with Gasteiger partial charge in [0.15, 0.2) is 29.1 Å². The molecule has 0 unspecified atom stereocenters. The van der Waals surface area contributed by atoms with Gasteiger partial charge in [0, 0.05) is 30.8 Å². The highest BCUT2D eigenvalue weighted by Gasteiger charge is 2.33. The number of carbonyl (C=O) groups excluding carboxylic acids is 1. The maximum Gasteiger partial charge on any atom is 0.215 e. The van der Waals surface area contributed by atoms with Crippen LogP contribution in [-0.4, -0.2) is 61.9 Å². The molecule has 0 bridgehead atoms. The van der Waals surface area contributed by atoms with Crippen molar-refractivity contribution in [2.75, 3.05) is 38.5 Å². The van der Waals surface area contributed by atoms with Crippen molar-refractivity contribution < 1.29 is 30.8 Å². The summed E-state index contributed by atoms with van der Waals surface area (Å²) in [5.74, 6) is -5.02. The predicted octanol–water partition coefficient (Wildman–Crippen LogP) is 4.27. The lowest BCUT2D eigenvalue weighted by Crippen LogP contribution is -2.44. The quantitative estimate of drug-likeness (QED) is 0.393. The molecule has 1 aliphatic heterocycles. The van der Waals surface area contributed by atoms with E-state index in [1.165, 1.54) is 24.3 Å². The maximum absolute atomic E-state index is 13.7. The molecule has 0 aromatic heterocycles. The highest BCUT2D eigenvalue weighted by Crippen LogP contribution is 2.25. The number of ketones is 1. The first-order chi connectivity index (χ1) is 16.5. The van der Waals surface area contributed by atoms with Crippen LogP contribution in [-0.2, 0) is 14.8 Å². The van der Waals surface area contributed by atoms with Crippen LogP contribution in [0, 0.1) is 23.3 Å². The molecule has 0 atom stereocenters. The van der Waals surface area contributed by atoms with Gasteiger partial charge >= 0.3 is 0 Å². The number of hydrogen-bond acceptors (Lipinski definition) is 4. The number of benzene rings is 2. The van der Waals surface area contributed by atoms with E-state index < -0.39 is 39.1 Å². The van der Waals surface area contributed by atoms with Crippen LogP contribution in [0.4, 0.5) is 17.6 Å². The van der Waals surface area contributed by atoms with Crippen molar-refractivity contribution in [1.29, 1.82) is 0 Å². The first kappa shape index (κ1) is 26.8. The van der Waals surface area contributed by atoms with E-state index in [1.54, 1.807) is 0 Å². The number of Topliss-reactive ketones (excluding diaryl/α,β-unsaturated/α-hetero) is 1. The summed E-state index contributed by atoms with van der Waals surface area (Å²) < 4.78 is 81.5. The summed E-state index contributed by atoms with van der Waals surface area (Å²) in [4.78, 5) is 15.1. The minimum Gasteiger partial charge on any atom is -0.303 e. The van der Waals surface area contributed by atoms with Gasteiger partial charge in [-0.3, -0.25) is 4.79 Å². The average Bonchev–Trinajstić information content (AvgIpc) is 2.81. The summed E-state index contributed by atoms with van der Waals surface area (Å²) >= 11 is 0. The molecule has 0 spiro atoms. The minimum absolute atomic E-state index is 0.0440. The monoisotopic (exact) mass is 510 g/mol. The fourth-order valence-corrected chi connectivity index (χ4v) is 5.14. The van der Waals surface area contributed by atoms with Crippen LogP contribution in [0.2, 0.25) is 0 Å². The molecular weight excluding hydrogens is 484 g/mol. The maximum atomic E-state index is 13.7. The molecule has 35 heavy (non-hydrogen) atoms. The van der Waals surface area contributed by atoms with E-state index in [9.17, 15) is 30.8 Å². The molecule has 2 aromatic carbocycles. The van der Waals surface area contributed by atoms with Crippen molar-refractivity contribution in [2.45, 2.75) is 13.8 Å². The van der Waals surface area contributed by atoms with Gasteiger partial charge in [-0.25, -0.2) is 26.0 Å². The largest absolute Gasteiger partial charge is 0.303 e. The van der Waals surface area contributed by atoms with E-state index in [1.807, 2.05) is 18.7 Å². The average molecular weight is 511 g/mol. The highest BCUT2D eigenvalue weighted by atomic mass is 32.2. The topological polar surface area (TPSA) is 57.7 Å². The molecule has 1 saturated heterocycles. The second-order valence-electron chi connectivity index (χ2n) is 8.13. The lowest BCUT2D eigenvalue weighted by Gasteiger charge is -2.30. The van der Waals surface area contributed by atoms with E-state index in [-0.39, 0.29) is 41.1 Å². The number of halogens is 4. The second kappa shape index (κ2) is 11.3. The fraction of sp³-hybridized carbons (Fsp3) is 0.320. The van der Waals surface area contributed by atoms with Crippen LogP contribution in [0.25, 0.3) is 12.2 Å². The van der Waals surface area contributed by atoms with Crippen LogP contribution in [0.1, 0.15) is 25.0 Å². The Labute approximate surface area is 202 Å². The van der Waals surface area contributed by atoms with Crippen molar-refractivity contribution in [3.8, 4) is 0 Å². The summed E-state index contributed by atoms with van der Waals surface area (Å²) in [6, 6.07) is 6.16. The highest BCUT2D eigenvalue weighted by molar-refractivity contribution is 7.89. The first-order valence-corrected chi connectivity index (χ1v) is 12.7. The molecule has 188 valence electrons. The second-order valence-corrected chi connectivity index (χ2v) is 10.2. The summed E-state index contributed by atoms with van der Waals surface area (Å²) in [5, 5.41) is 0. The van der Waals surface area contributed by atoms with Gasteiger partial charge in [0.1, 0.15) is 0 Å². The van der Waals surface area contributed by atoms with Crippen LogP contribution in [0.3, 0.4) is 0 Å². The Balaban J connectivity index is 2.00. The number of piperidine rings is 1. The molecule has 1 aliphatic rings. The van der Waals surface area contributed by atoms with Crippen molar-refractivity contribution >= 4 is 28.0 Å². The smallest absolute Gasteiger partial charge is 0.215 e. The standard InChI is InChI=1S/C25H26F4N2O3S/c1-3-30(4-2)9-10-35(33,34)31-15-19(11-17-5-7-21(26)23(28)13-17)25(32)20(16-31)12-18-6-8-22(27)24(29)14-18/h5-8,11-14H,3-4,9-10,15-16H2,1-2H3/b19-11+,20-12+. The molecule has 3 rings (SSSR count). The molecule has 0 saturated carbocycles. The molecule has 1 fully saturated rings. The summed E-state index contributed by atoms with van der Waals surface area (Å²) in [6.07, 6.45) is 2.60. The van der Waals surface area contributed by atoms with Crippen LogP contribution in [0.5, 0.6) is 0 Å². The normalized spacial score (nSPS) is 17.6. The first-order valence-electron chi connectivity index (χ1n) is 11.1. The van der Waals surface area contributed by atoms with Crippen molar-refractivity contribution in [1.82, 2.24) is 9.21 Å². The van der Waals surface area contributed by atoms with Crippen LogP contribution in [0.15, 0.2) is 47.5 Å². The van der Waals surface area contributed by atoms with E-state index in [2.05, 4.69) is 0 Å².